The van der Waals surface area contributed by atoms with Crippen LogP contribution in [0.3, 0.4) is 0 Å². The molecule has 172 valence electrons. The van der Waals surface area contributed by atoms with E-state index in [0.717, 1.165) is 11.1 Å². The molecule has 0 aromatic heterocycles. The second kappa shape index (κ2) is 7.67. The van der Waals surface area contributed by atoms with Crippen molar-refractivity contribution in [2.45, 2.75) is 17.9 Å². The predicted octanol–water partition coefficient (Wildman–Crippen LogP) is 3.85. The van der Waals surface area contributed by atoms with Crippen LogP contribution >= 0.6 is 0 Å². The van der Waals surface area contributed by atoms with Crippen molar-refractivity contribution >= 4 is 0 Å². The van der Waals surface area contributed by atoms with E-state index in [4.69, 9.17) is 14.2 Å². The van der Waals surface area contributed by atoms with Crippen LogP contribution in [0.15, 0.2) is 42.5 Å². The zero-order valence-electron chi connectivity index (χ0n) is 18.0. The molecule has 0 bridgehead atoms. The molecular weight excluding hydrogens is 428 g/mol. The minimum Gasteiger partial charge on any atom is -0.508 e. The first-order valence-corrected chi connectivity index (χ1v) is 10.5. The van der Waals surface area contributed by atoms with Gasteiger partial charge in [-0.1, -0.05) is 6.07 Å². The Morgan fingerprint density at radius 2 is 1.48 bits per heavy atom. The van der Waals surface area contributed by atoms with Gasteiger partial charge < -0.3 is 39.7 Å². The van der Waals surface area contributed by atoms with Crippen LogP contribution in [0.4, 0.5) is 0 Å². The highest BCUT2D eigenvalue weighted by Crippen LogP contribution is 2.62. The van der Waals surface area contributed by atoms with Crippen molar-refractivity contribution in [1.82, 2.24) is 0 Å². The molecule has 8 nitrogen and oxygen atoms in total. The summed E-state index contributed by atoms with van der Waals surface area (Å²) in [5.74, 6) is -0.896. The van der Waals surface area contributed by atoms with Crippen molar-refractivity contribution in [3.63, 3.8) is 0 Å². The number of aromatic hydroxyl groups is 5. The number of benzene rings is 3. The average molecular weight is 452 g/mol. The lowest BCUT2D eigenvalue weighted by Gasteiger charge is -2.22. The number of methoxy groups -OCH3 is 2. The number of ether oxygens (including phenoxy) is 3. The van der Waals surface area contributed by atoms with Crippen LogP contribution < -0.4 is 9.47 Å². The van der Waals surface area contributed by atoms with Gasteiger partial charge in [-0.2, -0.15) is 0 Å². The van der Waals surface area contributed by atoms with Crippen LogP contribution in [0.5, 0.6) is 40.2 Å². The van der Waals surface area contributed by atoms with Crippen molar-refractivity contribution in [2.24, 2.45) is 5.92 Å². The molecule has 0 amide bonds. The van der Waals surface area contributed by atoms with E-state index in [2.05, 4.69) is 0 Å². The topological polar surface area (TPSA) is 129 Å². The SMILES string of the molecule is COc1cc(C2c3c(O)cc(O)cc3C3C(c4ccc(O)c(O)c4)OCC23)cc(OC)c1O. The monoisotopic (exact) mass is 452 g/mol. The maximum Gasteiger partial charge on any atom is 0.200 e. The molecule has 1 fully saturated rings. The summed E-state index contributed by atoms with van der Waals surface area (Å²) >= 11 is 0. The molecule has 4 atom stereocenters. The standard InChI is InChI=1S/C25H24O8/c1-31-19-6-12(7-20(32-2)24(19)30)21-15-10-33-25(11-3-4-16(27)17(28)5-11)22(15)14-8-13(26)9-18(29)23(14)21/h3-9,15,21-22,25-30H,10H2,1-2H3. The summed E-state index contributed by atoms with van der Waals surface area (Å²) in [4.78, 5) is 0. The summed E-state index contributed by atoms with van der Waals surface area (Å²) in [5.41, 5.74) is 2.83. The second-order valence-electron chi connectivity index (χ2n) is 8.41. The van der Waals surface area contributed by atoms with Gasteiger partial charge in [0.2, 0.25) is 5.75 Å². The predicted molar refractivity (Wildman–Crippen MR) is 118 cm³/mol. The molecule has 2 aliphatic rings. The van der Waals surface area contributed by atoms with Crippen LogP contribution in [0.25, 0.3) is 0 Å². The molecule has 1 aliphatic carbocycles. The first-order valence-electron chi connectivity index (χ1n) is 10.5. The van der Waals surface area contributed by atoms with Crippen molar-refractivity contribution < 1.29 is 39.7 Å². The molecular formula is C25H24O8. The smallest absolute Gasteiger partial charge is 0.200 e. The van der Waals surface area contributed by atoms with Gasteiger partial charge in [-0.15, -0.1) is 0 Å². The first kappa shape index (κ1) is 21.1. The van der Waals surface area contributed by atoms with E-state index in [1.54, 1.807) is 24.3 Å². The highest BCUT2D eigenvalue weighted by Gasteiger charge is 2.52. The maximum absolute atomic E-state index is 10.9. The van der Waals surface area contributed by atoms with Crippen molar-refractivity contribution in [1.29, 1.82) is 0 Å². The number of hydrogen-bond acceptors (Lipinski definition) is 8. The minimum atomic E-state index is -0.465. The van der Waals surface area contributed by atoms with Crippen LogP contribution in [-0.4, -0.2) is 46.4 Å². The fraction of sp³-hybridized carbons (Fsp3) is 0.280. The molecule has 0 saturated carbocycles. The Hall–Kier alpha value is -3.78. The highest BCUT2D eigenvalue weighted by molar-refractivity contribution is 5.61. The van der Waals surface area contributed by atoms with Crippen molar-refractivity contribution in [3.05, 3.63) is 64.7 Å². The molecule has 1 aliphatic heterocycles. The Labute approximate surface area is 189 Å². The normalized spacial score (nSPS) is 23.2. The fourth-order valence-electron chi connectivity index (χ4n) is 5.35. The quantitative estimate of drug-likeness (QED) is 0.378. The van der Waals surface area contributed by atoms with Gasteiger partial charge in [0, 0.05) is 29.4 Å². The number of phenols is 5. The molecule has 3 aromatic carbocycles. The summed E-state index contributed by atoms with van der Waals surface area (Å²) in [7, 11) is 2.90. The Morgan fingerprint density at radius 1 is 0.788 bits per heavy atom. The van der Waals surface area contributed by atoms with Gasteiger partial charge >= 0.3 is 0 Å². The van der Waals surface area contributed by atoms with E-state index in [-0.39, 0.29) is 58.0 Å². The van der Waals surface area contributed by atoms with Crippen molar-refractivity contribution in [2.75, 3.05) is 20.8 Å². The third-order valence-electron chi connectivity index (χ3n) is 6.72. The van der Waals surface area contributed by atoms with Gasteiger partial charge in [-0.25, -0.2) is 0 Å². The second-order valence-corrected chi connectivity index (χ2v) is 8.41. The Kier molecular flexibility index (Phi) is 4.90. The summed E-state index contributed by atoms with van der Waals surface area (Å²) < 4.78 is 16.8. The lowest BCUT2D eigenvalue weighted by atomic mass is 9.81. The molecule has 5 rings (SSSR count). The van der Waals surface area contributed by atoms with Crippen LogP contribution in [-0.2, 0) is 4.74 Å². The molecule has 5 N–H and O–H groups in total. The van der Waals surface area contributed by atoms with Crippen molar-refractivity contribution in [3.8, 4) is 40.2 Å². The average Bonchev–Trinajstić information content (AvgIpc) is 3.35. The lowest BCUT2D eigenvalue weighted by molar-refractivity contribution is 0.0988. The summed E-state index contributed by atoms with van der Waals surface area (Å²) in [5, 5.41) is 51.2. The van der Waals surface area contributed by atoms with Gasteiger partial charge in [-0.3, -0.25) is 0 Å². The number of fused-ring (bicyclic) bond motifs is 3. The molecule has 0 spiro atoms. The molecule has 0 radical (unpaired) electrons. The van der Waals surface area contributed by atoms with Gasteiger partial charge in [-0.05, 0) is 47.0 Å². The molecule has 1 saturated heterocycles. The van der Waals surface area contributed by atoms with E-state index < -0.39 is 6.10 Å². The number of phenolic OH excluding ortho intramolecular Hbond substituents is 5. The van der Waals surface area contributed by atoms with E-state index in [9.17, 15) is 25.5 Å². The summed E-state index contributed by atoms with van der Waals surface area (Å²) in [6.07, 6.45) is -0.465. The van der Waals surface area contributed by atoms with Crippen LogP contribution in [0.2, 0.25) is 0 Å². The largest absolute Gasteiger partial charge is 0.508 e. The zero-order chi connectivity index (χ0) is 23.4. The Morgan fingerprint density at radius 3 is 2.12 bits per heavy atom. The number of hydrogen-bond donors (Lipinski definition) is 5. The first-order chi connectivity index (χ1) is 15.8. The molecule has 8 heteroatoms. The van der Waals surface area contributed by atoms with Gasteiger partial charge in [0.1, 0.15) is 11.5 Å². The lowest BCUT2D eigenvalue weighted by Crippen LogP contribution is -2.13. The van der Waals surface area contributed by atoms with Crippen LogP contribution in [0.1, 0.15) is 40.2 Å². The summed E-state index contributed by atoms with van der Waals surface area (Å²) in [6, 6.07) is 10.9. The van der Waals surface area contributed by atoms with E-state index in [1.165, 1.54) is 32.4 Å². The Balaban J connectivity index is 1.68. The molecule has 4 unspecified atom stereocenters. The fourth-order valence-corrected chi connectivity index (χ4v) is 5.35. The third-order valence-corrected chi connectivity index (χ3v) is 6.72. The van der Waals surface area contributed by atoms with Gasteiger partial charge in [0.05, 0.1) is 26.9 Å². The van der Waals surface area contributed by atoms with Gasteiger partial charge in [0.25, 0.3) is 0 Å². The molecule has 1 heterocycles. The summed E-state index contributed by atoms with van der Waals surface area (Å²) in [6.45, 7) is 0.349. The van der Waals surface area contributed by atoms with Gasteiger partial charge in [0.15, 0.2) is 23.0 Å². The number of rotatable bonds is 4. The highest BCUT2D eigenvalue weighted by atomic mass is 16.5. The Bertz CT molecular complexity index is 1210. The molecule has 33 heavy (non-hydrogen) atoms. The van der Waals surface area contributed by atoms with E-state index in [1.807, 2.05) is 0 Å². The molecule has 3 aromatic rings. The van der Waals surface area contributed by atoms with Crippen LogP contribution in [0, 0.1) is 5.92 Å². The maximum atomic E-state index is 10.9. The van der Waals surface area contributed by atoms with E-state index in [0.29, 0.717) is 17.7 Å². The minimum absolute atomic E-state index is 0.0392. The third kappa shape index (κ3) is 3.17. The zero-order valence-corrected chi connectivity index (χ0v) is 18.0. The van der Waals surface area contributed by atoms with E-state index >= 15 is 0 Å².